The van der Waals surface area contributed by atoms with Crippen molar-refractivity contribution in [2.24, 2.45) is 0 Å². The fourth-order valence-electron chi connectivity index (χ4n) is 4.63. The second-order valence-electron chi connectivity index (χ2n) is 9.44. The summed E-state index contributed by atoms with van der Waals surface area (Å²) in [4.78, 5) is 0. The molecule has 6 rings (SSSR count). The van der Waals surface area contributed by atoms with Crippen molar-refractivity contribution in [3.05, 3.63) is 182 Å². The molecule has 0 spiro atoms. The summed E-state index contributed by atoms with van der Waals surface area (Å²) in [6.07, 6.45) is 0. The largest absolute Gasteiger partial charge is 1.00 e. The normalized spacial score (nSPS) is 10.3. The van der Waals surface area contributed by atoms with Crippen LogP contribution >= 0.6 is 15.8 Å². The molecule has 0 aliphatic carbocycles. The molecule has 0 saturated carbocycles. The van der Waals surface area contributed by atoms with Crippen LogP contribution in [-0.2, 0) is 22.5 Å². The smallest absolute Gasteiger partial charge is 0.457 e. The van der Waals surface area contributed by atoms with E-state index in [4.69, 9.17) is 0 Å². The van der Waals surface area contributed by atoms with Crippen molar-refractivity contribution in [1.29, 1.82) is 0 Å². The molecule has 0 unspecified atom stereocenters. The summed E-state index contributed by atoms with van der Waals surface area (Å²) < 4.78 is 39.0. The first-order chi connectivity index (χ1) is 20.9. The van der Waals surface area contributed by atoms with E-state index >= 15 is 0 Å². The van der Waals surface area contributed by atoms with Crippen molar-refractivity contribution in [2.75, 3.05) is 0 Å². The summed E-state index contributed by atoms with van der Waals surface area (Å²) in [5, 5.41) is 8.61. The Balaban J connectivity index is 0.000000263. The maximum absolute atomic E-state index is 9.75. The molecule has 1 nitrogen and oxygen atoms in total. The van der Waals surface area contributed by atoms with Crippen LogP contribution in [0.2, 0.25) is 0 Å². The first kappa shape index (κ1) is 37.6. The fourth-order valence-corrected chi connectivity index (χ4v) is 9.78. The van der Waals surface area contributed by atoms with E-state index in [1.54, 1.807) is 0 Å². The molecule has 3 N–H and O–H groups in total. The molecule has 0 bridgehead atoms. The molecule has 9 heteroatoms. The van der Waals surface area contributed by atoms with Crippen LogP contribution in [0.3, 0.4) is 0 Å². The Kier molecular flexibility index (Phi) is 16.5. The van der Waals surface area contributed by atoms with Crippen LogP contribution in [0.15, 0.2) is 182 Å². The van der Waals surface area contributed by atoms with Crippen LogP contribution in [0.5, 0.6) is 0 Å². The van der Waals surface area contributed by atoms with E-state index in [1.807, 2.05) is 0 Å². The van der Waals surface area contributed by atoms with Gasteiger partial charge in [0.05, 0.1) is 15.8 Å². The fraction of sp³-hybridized carbons (Fsp3) is 0. The zero-order valence-electron chi connectivity index (χ0n) is 24.3. The Morgan fingerprint density at radius 3 is 0.511 bits per heavy atom. The molecular weight excluding hydrogens is 661 g/mol. The van der Waals surface area contributed by atoms with Gasteiger partial charge >= 0.3 is 24.3 Å². The minimum Gasteiger partial charge on any atom is -0.457 e. The molecule has 0 atom stereocenters. The Hall–Kier alpha value is -3.56. The predicted octanol–water partition coefficient (Wildman–Crippen LogP) is 6.73. The molecular formula is C36H35BCuF4OP2+3. The van der Waals surface area contributed by atoms with E-state index in [9.17, 15) is 17.3 Å². The molecule has 0 aliphatic heterocycles. The van der Waals surface area contributed by atoms with Crippen LogP contribution in [0.4, 0.5) is 17.3 Å². The maximum Gasteiger partial charge on any atom is 1.00 e. The summed E-state index contributed by atoms with van der Waals surface area (Å²) in [5.41, 5.74) is 0. The molecule has 0 aliphatic rings. The summed E-state index contributed by atoms with van der Waals surface area (Å²) in [5.74, 6) is 0. The van der Waals surface area contributed by atoms with E-state index < -0.39 is 23.1 Å². The molecule has 45 heavy (non-hydrogen) atoms. The van der Waals surface area contributed by atoms with Gasteiger partial charge in [0, 0.05) is 0 Å². The number of rotatable bonds is 6. The van der Waals surface area contributed by atoms with Crippen molar-refractivity contribution in [1.82, 2.24) is 0 Å². The standard InChI is InChI=1S/2C18H15P.BF4.Cu.H2O/c2*1-4-10-16(11-5-1)19(17-12-6-2-7-13-17)18-14-8-3-9-15-18;2-1(3,4)5;;/h2*1-15H;;;1H2/q;;-1;+1;/p+3. The Morgan fingerprint density at radius 1 is 0.289 bits per heavy atom. The molecule has 6 aromatic rings. The van der Waals surface area contributed by atoms with Crippen molar-refractivity contribution in [2.45, 2.75) is 0 Å². The van der Waals surface area contributed by atoms with Crippen LogP contribution in [-0.4, -0.2) is 7.25 Å². The van der Waals surface area contributed by atoms with Gasteiger partial charge in [-0.15, -0.1) is 0 Å². The van der Waals surface area contributed by atoms with Crippen molar-refractivity contribution in [3.8, 4) is 0 Å². The topological polar surface area (TPSA) is 33.0 Å². The van der Waals surface area contributed by atoms with Gasteiger partial charge in [-0.25, -0.2) is 0 Å². The zero-order valence-corrected chi connectivity index (χ0v) is 27.2. The third kappa shape index (κ3) is 12.8. The third-order valence-electron chi connectivity index (χ3n) is 6.37. The molecule has 0 fully saturated rings. The second-order valence-corrected chi connectivity index (χ2v) is 14.4. The van der Waals surface area contributed by atoms with Gasteiger partial charge in [0.1, 0.15) is 31.8 Å². The first-order valence-electron chi connectivity index (χ1n) is 13.8. The number of hydrogen-bond donors (Lipinski definition) is 0. The minimum atomic E-state index is -6.00. The quantitative estimate of drug-likeness (QED) is 0.0802. The summed E-state index contributed by atoms with van der Waals surface area (Å²) in [6.45, 7) is 0. The minimum absolute atomic E-state index is 0. The SMILES string of the molecule is F[B-](F)(F)F.[Cu+].[OH3+].c1ccc([PH+](c2ccccc2)c2ccccc2)cc1.c1ccc([PH+](c2ccccc2)c2ccccc2)cc1. The summed E-state index contributed by atoms with van der Waals surface area (Å²) in [6, 6.07) is 65.0. The molecule has 0 saturated heterocycles. The van der Waals surface area contributed by atoms with E-state index in [2.05, 4.69) is 182 Å². The number of halogens is 4. The average Bonchev–Trinajstić information content (AvgIpc) is 3.04. The van der Waals surface area contributed by atoms with Gasteiger partial charge in [-0.2, -0.15) is 0 Å². The summed E-state index contributed by atoms with van der Waals surface area (Å²) in [7, 11) is -7.75. The molecule has 6 aromatic carbocycles. The third-order valence-corrected chi connectivity index (χ3v) is 11.8. The van der Waals surface area contributed by atoms with Gasteiger partial charge < -0.3 is 22.7 Å². The Morgan fingerprint density at radius 2 is 0.400 bits per heavy atom. The van der Waals surface area contributed by atoms with Gasteiger partial charge in [0.15, 0.2) is 0 Å². The second kappa shape index (κ2) is 19.8. The van der Waals surface area contributed by atoms with Gasteiger partial charge in [-0.1, -0.05) is 109 Å². The first-order valence-corrected chi connectivity index (χ1v) is 16.8. The molecule has 234 valence electrons. The van der Waals surface area contributed by atoms with E-state index in [1.165, 1.54) is 31.8 Å². The summed E-state index contributed by atoms with van der Waals surface area (Å²) >= 11 is 0. The van der Waals surface area contributed by atoms with Crippen molar-refractivity contribution < 1.29 is 39.8 Å². The molecule has 0 radical (unpaired) electrons. The molecule has 0 aromatic heterocycles. The van der Waals surface area contributed by atoms with E-state index in [0.29, 0.717) is 0 Å². The van der Waals surface area contributed by atoms with Gasteiger partial charge in [0.25, 0.3) is 0 Å². The van der Waals surface area contributed by atoms with Gasteiger partial charge in [-0.3, -0.25) is 0 Å². The molecule has 0 heterocycles. The number of hydrogen-bond acceptors (Lipinski definition) is 0. The van der Waals surface area contributed by atoms with Crippen LogP contribution in [0.25, 0.3) is 0 Å². The van der Waals surface area contributed by atoms with Crippen molar-refractivity contribution in [3.63, 3.8) is 0 Å². The molecule has 0 amide bonds. The number of benzene rings is 6. The van der Waals surface area contributed by atoms with E-state index in [0.717, 1.165) is 0 Å². The Labute approximate surface area is 275 Å². The Bertz CT molecular complexity index is 1290. The van der Waals surface area contributed by atoms with Crippen LogP contribution in [0, 0.1) is 0 Å². The monoisotopic (exact) mass is 695 g/mol. The van der Waals surface area contributed by atoms with Gasteiger partial charge in [0.2, 0.25) is 0 Å². The van der Waals surface area contributed by atoms with Crippen LogP contribution in [0.1, 0.15) is 0 Å². The van der Waals surface area contributed by atoms with Gasteiger partial charge in [-0.05, 0) is 72.8 Å². The average molecular weight is 696 g/mol. The van der Waals surface area contributed by atoms with Crippen molar-refractivity contribution >= 4 is 54.9 Å². The van der Waals surface area contributed by atoms with E-state index in [-0.39, 0.29) is 22.5 Å². The predicted molar refractivity (Wildman–Crippen MR) is 188 cm³/mol. The zero-order chi connectivity index (χ0) is 30.3. The van der Waals surface area contributed by atoms with Crippen LogP contribution < -0.4 is 31.8 Å². The maximum atomic E-state index is 9.75.